The van der Waals surface area contributed by atoms with E-state index in [9.17, 15) is 0 Å². The molecule has 2 aromatic rings. The molecule has 0 radical (unpaired) electrons. The van der Waals surface area contributed by atoms with Crippen molar-refractivity contribution >= 4 is 29.9 Å². The van der Waals surface area contributed by atoms with Crippen molar-refractivity contribution < 1.29 is 0 Å². The summed E-state index contributed by atoms with van der Waals surface area (Å²) in [5.74, 6) is 1.55. The van der Waals surface area contributed by atoms with Gasteiger partial charge in [0.1, 0.15) is 0 Å². The Morgan fingerprint density at radius 3 is 2.50 bits per heavy atom. The summed E-state index contributed by atoms with van der Waals surface area (Å²) in [6, 6.07) is 14.9. The SMILES string of the molecule is CN=C(NCc1ccccn1)NCC1CCN(Cc2ccc(C)cc2)CC1.I. The molecule has 0 saturated carbocycles. The molecule has 28 heavy (non-hydrogen) atoms. The molecule has 0 unspecified atom stereocenters. The van der Waals surface area contributed by atoms with Crippen molar-refractivity contribution in [3.8, 4) is 0 Å². The van der Waals surface area contributed by atoms with Crippen LogP contribution in [0.25, 0.3) is 0 Å². The molecule has 152 valence electrons. The van der Waals surface area contributed by atoms with Crippen LogP contribution in [-0.4, -0.2) is 42.5 Å². The molecule has 1 saturated heterocycles. The van der Waals surface area contributed by atoms with Crippen LogP contribution in [-0.2, 0) is 13.1 Å². The first kappa shape index (κ1) is 22.6. The van der Waals surface area contributed by atoms with Gasteiger partial charge in [-0.15, -0.1) is 24.0 Å². The number of nitrogens with zero attached hydrogens (tertiary/aromatic N) is 3. The van der Waals surface area contributed by atoms with Crippen molar-refractivity contribution in [2.75, 3.05) is 26.7 Å². The highest BCUT2D eigenvalue weighted by molar-refractivity contribution is 14.0. The Labute approximate surface area is 186 Å². The molecular weight excluding hydrogens is 461 g/mol. The zero-order valence-corrected chi connectivity index (χ0v) is 19.2. The number of aryl methyl sites for hydroxylation is 1. The zero-order valence-electron chi connectivity index (χ0n) is 16.9. The summed E-state index contributed by atoms with van der Waals surface area (Å²) in [5.41, 5.74) is 3.76. The summed E-state index contributed by atoms with van der Waals surface area (Å²) in [5, 5.41) is 6.81. The number of aliphatic imine (C=N–C) groups is 1. The Hall–Kier alpha value is -1.67. The Kier molecular flexibility index (Phi) is 9.70. The Morgan fingerprint density at radius 2 is 1.86 bits per heavy atom. The van der Waals surface area contributed by atoms with Gasteiger partial charge in [0.05, 0.1) is 12.2 Å². The number of pyridine rings is 1. The number of likely N-dealkylation sites (tertiary alicyclic amines) is 1. The van der Waals surface area contributed by atoms with Gasteiger partial charge in [0.15, 0.2) is 5.96 Å². The minimum absolute atomic E-state index is 0. The summed E-state index contributed by atoms with van der Waals surface area (Å²) in [4.78, 5) is 11.2. The highest BCUT2D eigenvalue weighted by Crippen LogP contribution is 2.18. The molecule has 1 aromatic heterocycles. The third-order valence-electron chi connectivity index (χ3n) is 5.18. The Bertz CT molecular complexity index is 709. The van der Waals surface area contributed by atoms with Crippen molar-refractivity contribution in [3.63, 3.8) is 0 Å². The van der Waals surface area contributed by atoms with Crippen LogP contribution in [0.15, 0.2) is 53.7 Å². The molecule has 5 nitrogen and oxygen atoms in total. The topological polar surface area (TPSA) is 52.6 Å². The minimum Gasteiger partial charge on any atom is -0.356 e. The number of piperidine rings is 1. The molecule has 1 aliphatic rings. The normalized spacial score (nSPS) is 15.7. The zero-order chi connectivity index (χ0) is 18.9. The molecule has 1 aromatic carbocycles. The second-order valence-corrected chi connectivity index (χ2v) is 7.33. The third kappa shape index (κ3) is 7.39. The van der Waals surface area contributed by atoms with Crippen LogP contribution in [0.1, 0.15) is 29.7 Å². The number of halogens is 1. The second-order valence-electron chi connectivity index (χ2n) is 7.33. The number of benzene rings is 1. The minimum atomic E-state index is 0. The predicted molar refractivity (Wildman–Crippen MR) is 127 cm³/mol. The van der Waals surface area contributed by atoms with Gasteiger partial charge in [0.2, 0.25) is 0 Å². The third-order valence-corrected chi connectivity index (χ3v) is 5.18. The molecule has 0 atom stereocenters. The molecule has 2 heterocycles. The predicted octanol–water partition coefficient (Wildman–Crippen LogP) is 3.59. The van der Waals surface area contributed by atoms with Gasteiger partial charge >= 0.3 is 0 Å². The van der Waals surface area contributed by atoms with E-state index in [1.54, 1.807) is 0 Å². The fourth-order valence-electron chi connectivity index (χ4n) is 3.44. The van der Waals surface area contributed by atoms with Crippen molar-refractivity contribution in [2.45, 2.75) is 32.9 Å². The lowest BCUT2D eigenvalue weighted by atomic mass is 9.96. The number of guanidine groups is 1. The highest BCUT2D eigenvalue weighted by atomic mass is 127. The van der Waals surface area contributed by atoms with Crippen LogP contribution in [0.3, 0.4) is 0 Å². The van der Waals surface area contributed by atoms with Gasteiger partial charge in [-0.2, -0.15) is 0 Å². The van der Waals surface area contributed by atoms with E-state index < -0.39 is 0 Å². The number of nitrogens with one attached hydrogen (secondary N) is 2. The van der Waals surface area contributed by atoms with Crippen LogP contribution in [0.2, 0.25) is 0 Å². The van der Waals surface area contributed by atoms with Crippen molar-refractivity contribution in [3.05, 3.63) is 65.5 Å². The summed E-state index contributed by atoms with van der Waals surface area (Å²) < 4.78 is 0. The number of rotatable bonds is 6. The van der Waals surface area contributed by atoms with E-state index in [4.69, 9.17) is 0 Å². The number of hydrogen-bond acceptors (Lipinski definition) is 3. The molecule has 0 bridgehead atoms. The monoisotopic (exact) mass is 493 g/mol. The van der Waals surface area contributed by atoms with Gasteiger partial charge in [0, 0.05) is 26.3 Å². The molecule has 0 spiro atoms. The van der Waals surface area contributed by atoms with E-state index in [1.165, 1.54) is 37.1 Å². The number of aromatic nitrogens is 1. The maximum Gasteiger partial charge on any atom is 0.191 e. The molecule has 2 N–H and O–H groups in total. The Balaban J connectivity index is 0.00000280. The maximum absolute atomic E-state index is 4.33. The summed E-state index contributed by atoms with van der Waals surface area (Å²) in [6.45, 7) is 7.20. The fourth-order valence-corrected chi connectivity index (χ4v) is 3.44. The van der Waals surface area contributed by atoms with Crippen LogP contribution in [0.5, 0.6) is 0 Å². The average Bonchev–Trinajstić information content (AvgIpc) is 2.72. The van der Waals surface area contributed by atoms with Crippen LogP contribution in [0.4, 0.5) is 0 Å². The molecule has 6 heteroatoms. The fraction of sp³-hybridized carbons (Fsp3) is 0.455. The first-order chi connectivity index (χ1) is 13.2. The maximum atomic E-state index is 4.33. The average molecular weight is 493 g/mol. The van der Waals surface area contributed by atoms with E-state index in [0.29, 0.717) is 12.5 Å². The highest BCUT2D eigenvalue weighted by Gasteiger charge is 2.19. The summed E-state index contributed by atoms with van der Waals surface area (Å²) >= 11 is 0. The van der Waals surface area contributed by atoms with Gasteiger partial charge in [-0.05, 0) is 56.5 Å². The van der Waals surface area contributed by atoms with Gasteiger partial charge < -0.3 is 10.6 Å². The molecule has 3 rings (SSSR count). The van der Waals surface area contributed by atoms with Crippen molar-refractivity contribution in [1.29, 1.82) is 0 Å². The smallest absolute Gasteiger partial charge is 0.191 e. The van der Waals surface area contributed by atoms with Crippen LogP contribution < -0.4 is 10.6 Å². The van der Waals surface area contributed by atoms with Gasteiger partial charge in [-0.25, -0.2) is 0 Å². The van der Waals surface area contributed by atoms with Crippen LogP contribution in [0, 0.1) is 12.8 Å². The lowest BCUT2D eigenvalue weighted by Crippen LogP contribution is -2.42. The molecular formula is C22H32IN5. The molecule has 0 amide bonds. The Morgan fingerprint density at radius 1 is 1.11 bits per heavy atom. The standard InChI is InChI=1S/C22H31N5.HI/c1-18-6-8-20(9-7-18)17-27-13-10-19(11-14-27)15-25-22(23-2)26-16-21-5-3-4-12-24-21;/h3-9,12,19H,10-11,13-17H2,1-2H3,(H2,23,25,26);1H. The van der Waals surface area contributed by atoms with E-state index in [-0.39, 0.29) is 24.0 Å². The van der Waals surface area contributed by atoms with E-state index >= 15 is 0 Å². The largest absolute Gasteiger partial charge is 0.356 e. The quantitative estimate of drug-likeness (QED) is 0.367. The number of hydrogen-bond donors (Lipinski definition) is 2. The molecule has 1 aliphatic heterocycles. The van der Waals surface area contributed by atoms with Crippen molar-refractivity contribution in [2.24, 2.45) is 10.9 Å². The lowest BCUT2D eigenvalue weighted by Gasteiger charge is -2.32. The lowest BCUT2D eigenvalue weighted by molar-refractivity contribution is 0.178. The second kappa shape index (κ2) is 12.0. The van der Waals surface area contributed by atoms with Crippen LogP contribution >= 0.6 is 24.0 Å². The van der Waals surface area contributed by atoms with Gasteiger partial charge in [-0.1, -0.05) is 35.9 Å². The van der Waals surface area contributed by atoms with Gasteiger partial charge in [-0.3, -0.25) is 14.9 Å². The van der Waals surface area contributed by atoms with E-state index in [1.807, 2.05) is 31.4 Å². The first-order valence-electron chi connectivity index (χ1n) is 9.85. The van der Waals surface area contributed by atoms with E-state index in [2.05, 4.69) is 56.7 Å². The van der Waals surface area contributed by atoms with Gasteiger partial charge in [0.25, 0.3) is 0 Å². The first-order valence-corrected chi connectivity index (χ1v) is 9.85. The summed E-state index contributed by atoms with van der Waals surface area (Å²) in [7, 11) is 1.82. The molecule has 1 fully saturated rings. The summed E-state index contributed by atoms with van der Waals surface area (Å²) in [6.07, 6.45) is 4.28. The van der Waals surface area contributed by atoms with Crippen molar-refractivity contribution in [1.82, 2.24) is 20.5 Å². The molecule has 0 aliphatic carbocycles. The van der Waals surface area contributed by atoms with E-state index in [0.717, 1.165) is 24.7 Å².